The van der Waals surface area contributed by atoms with E-state index in [0.29, 0.717) is 6.42 Å². The van der Waals surface area contributed by atoms with Crippen LogP contribution < -0.4 is 4.74 Å². The first-order chi connectivity index (χ1) is 8.81. The van der Waals surface area contributed by atoms with E-state index in [0.717, 1.165) is 5.69 Å². The lowest BCUT2D eigenvalue weighted by Crippen LogP contribution is -2.06. The second-order valence-corrected chi connectivity index (χ2v) is 3.67. The molecule has 18 heavy (non-hydrogen) atoms. The van der Waals surface area contributed by atoms with Crippen molar-refractivity contribution in [2.45, 2.75) is 13.0 Å². The molecule has 0 radical (unpaired) electrons. The van der Waals surface area contributed by atoms with Crippen LogP contribution in [0.2, 0.25) is 0 Å². The number of aromatic nitrogens is 2. The highest BCUT2D eigenvalue weighted by Gasteiger charge is 2.09. The molecule has 2 rings (SSSR count). The zero-order chi connectivity index (χ0) is 12.8. The molecule has 0 aromatic carbocycles. The van der Waals surface area contributed by atoms with E-state index in [1.54, 1.807) is 6.20 Å². The number of hydrogen-bond acceptors (Lipinski definition) is 4. The van der Waals surface area contributed by atoms with Crippen molar-refractivity contribution in [3.05, 3.63) is 53.7 Å². The third kappa shape index (κ3) is 3.01. The number of aliphatic hydroxyl groups excluding tert-OH is 1. The molecule has 94 valence electrons. The minimum Gasteiger partial charge on any atom is -0.475 e. The molecule has 0 fully saturated rings. The van der Waals surface area contributed by atoms with Crippen molar-refractivity contribution < 1.29 is 14.2 Å². The molecule has 2 aromatic rings. The molecule has 0 spiro atoms. The van der Waals surface area contributed by atoms with E-state index >= 15 is 0 Å². The average Bonchev–Trinajstić information content (AvgIpc) is 2.42. The predicted molar refractivity (Wildman–Crippen MR) is 63.6 cm³/mol. The highest BCUT2D eigenvalue weighted by Crippen LogP contribution is 2.17. The topological polar surface area (TPSA) is 55.2 Å². The van der Waals surface area contributed by atoms with Crippen LogP contribution in [-0.4, -0.2) is 21.7 Å². The Labute approximate surface area is 104 Å². The molecule has 0 unspecified atom stereocenters. The van der Waals surface area contributed by atoms with Crippen molar-refractivity contribution in [2.24, 2.45) is 0 Å². The van der Waals surface area contributed by atoms with Gasteiger partial charge in [0.25, 0.3) is 5.88 Å². The number of aliphatic hydroxyl groups is 1. The summed E-state index contributed by atoms with van der Waals surface area (Å²) in [6.45, 7) is -0.0826. The molecule has 5 heteroatoms. The Kier molecular flexibility index (Phi) is 4.20. The van der Waals surface area contributed by atoms with Gasteiger partial charge in [0.2, 0.25) is 0 Å². The SMILES string of the molecule is OCc1ccnc(OCCc2ccccn2)c1F. The van der Waals surface area contributed by atoms with Crippen molar-refractivity contribution in [2.75, 3.05) is 6.61 Å². The van der Waals surface area contributed by atoms with Crippen LogP contribution in [0, 0.1) is 5.82 Å². The molecular formula is C13H13FN2O2. The van der Waals surface area contributed by atoms with Gasteiger partial charge in [0, 0.05) is 30.1 Å². The minimum atomic E-state index is -0.610. The summed E-state index contributed by atoms with van der Waals surface area (Å²) in [5, 5.41) is 8.91. The number of nitrogens with zero attached hydrogens (tertiary/aromatic N) is 2. The molecular weight excluding hydrogens is 235 g/mol. The molecule has 1 N–H and O–H groups in total. The Morgan fingerprint density at radius 1 is 1.17 bits per heavy atom. The maximum atomic E-state index is 13.6. The first-order valence-corrected chi connectivity index (χ1v) is 5.58. The number of rotatable bonds is 5. The number of halogens is 1. The molecule has 0 aliphatic carbocycles. The fraction of sp³-hybridized carbons (Fsp3) is 0.231. The van der Waals surface area contributed by atoms with E-state index in [1.165, 1.54) is 12.3 Å². The largest absolute Gasteiger partial charge is 0.475 e. The zero-order valence-electron chi connectivity index (χ0n) is 9.71. The van der Waals surface area contributed by atoms with Gasteiger partial charge in [0.1, 0.15) is 0 Å². The number of hydrogen-bond donors (Lipinski definition) is 1. The van der Waals surface area contributed by atoms with Gasteiger partial charge in [-0.3, -0.25) is 4.98 Å². The molecule has 0 amide bonds. The second-order valence-electron chi connectivity index (χ2n) is 3.67. The van der Waals surface area contributed by atoms with Crippen LogP contribution in [-0.2, 0) is 13.0 Å². The van der Waals surface area contributed by atoms with Crippen molar-refractivity contribution in [3.8, 4) is 5.88 Å². The van der Waals surface area contributed by atoms with E-state index in [9.17, 15) is 4.39 Å². The Morgan fingerprint density at radius 3 is 2.78 bits per heavy atom. The highest BCUT2D eigenvalue weighted by molar-refractivity contribution is 5.22. The third-order valence-electron chi connectivity index (χ3n) is 2.43. The fourth-order valence-electron chi connectivity index (χ4n) is 1.48. The molecule has 4 nitrogen and oxygen atoms in total. The van der Waals surface area contributed by atoms with Crippen molar-refractivity contribution in [3.63, 3.8) is 0 Å². The van der Waals surface area contributed by atoms with Gasteiger partial charge in [-0.25, -0.2) is 9.37 Å². The summed E-state index contributed by atoms with van der Waals surface area (Å²) in [6, 6.07) is 7.00. The van der Waals surface area contributed by atoms with E-state index in [2.05, 4.69) is 9.97 Å². The van der Waals surface area contributed by atoms with Gasteiger partial charge in [-0.15, -0.1) is 0 Å². The van der Waals surface area contributed by atoms with Gasteiger partial charge in [-0.1, -0.05) is 6.07 Å². The summed E-state index contributed by atoms with van der Waals surface area (Å²) in [5.41, 5.74) is 1.05. The van der Waals surface area contributed by atoms with E-state index in [-0.39, 0.29) is 24.7 Å². The maximum Gasteiger partial charge on any atom is 0.250 e. The lowest BCUT2D eigenvalue weighted by Gasteiger charge is -2.07. The summed E-state index contributed by atoms with van der Waals surface area (Å²) < 4.78 is 18.9. The average molecular weight is 248 g/mol. The monoisotopic (exact) mass is 248 g/mol. The Morgan fingerprint density at radius 2 is 2.06 bits per heavy atom. The molecule has 0 aliphatic rings. The lowest BCUT2D eigenvalue weighted by atomic mass is 10.2. The van der Waals surface area contributed by atoms with Crippen molar-refractivity contribution >= 4 is 0 Å². The molecule has 0 saturated carbocycles. The first-order valence-electron chi connectivity index (χ1n) is 5.58. The molecule has 2 heterocycles. The predicted octanol–water partition coefficient (Wildman–Crippen LogP) is 1.73. The van der Waals surface area contributed by atoms with Crippen LogP contribution in [0.3, 0.4) is 0 Å². The number of pyridine rings is 2. The Hall–Kier alpha value is -2.01. The maximum absolute atomic E-state index is 13.6. The minimum absolute atomic E-state index is 0.0857. The summed E-state index contributed by atoms with van der Waals surface area (Å²) >= 11 is 0. The quantitative estimate of drug-likeness (QED) is 0.875. The normalized spacial score (nSPS) is 10.3. The van der Waals surface area contributed by atoms with Gasteiger partial charge >= 0.3 is 0 Å². The molecule has 0 bridgehead atoms. The van der Waals surface area contributed by atoms with Crippen molar-refractivity contribution in [1.29, 1.82) is 0 Å². The van der Waals surface area contributed by atoms with Gasteiger partial charge in [0.05, 0.1) is 13.2 Å². The zero-order valence-corrected chi connectivity index (χ0v) is 9.71. The van der Waals surface area contributed by atoms with Gasteiger partial charge in [-0.05, 0) is 18.2 Å². The highest BCUT2D eigenvalue weighted by atomic mass is 19.1. The van der Waals surface area contributed by atoms with Crippen LogP contribution in [0.1, 0.15) is 11.3 Å². The third-order valence-corrected chi connectivity index (χ3v) is 2.43. The smallest absolute Gasteiger partial charge is 0.250 e. The molecule has 2 aromatic heterocycles. The first kappa shape index (κ1) is 12.4. The number of ether oxygens (including phenoxy) is 1. The van der Waals surface area contributed by atoms with Crippen LogP contribution in [0.15, 0.2) is 36.7 Å². The summed E-state index contributed by atoms with van der Waals surface area (Å²) in [4.78, 5) is 7.92. The van der Waals surface area contributed by atoms with Gasteiger partial charge in [0.15, 0.2) is 5.82 Å². The lowest BCUT2D eigenvalue weighted by molar-refractivity contribution is 0.262. The molecule has 0 aliphatic heterocycles. The van der Waals surface area contributed by atoms with Crippen LogP contribution >= 0.6 is 0 Å². The van der Waals surface area contributed by atoms with Crippen LogP contribution in [0.4, 0.5) is 4.39 Å². The Balaban J connectivity index is 1.95. The van der Waals surface area contributed by atoms with Crippen LogP contribution in [0.25, 0.3) is 0 Å². The van der Waals surface area contributed by atoms with E-state index < -0.39 is 5.82 Å². The summed E-state index contributed by atoms with van der Waals surface area (Å²) in [7, 11) is 0. The molecule has 0 atom stereocenters. The van der Waals surface area contributed by atoms with Crippen molar-refractivity contribution in [1.82, 2.24) is 9.97 Å². The standard InChI is InChI=1S/C13H13FN2O2/c14-12-10(9-17)4-7-16-13(12)18-8-5-11-3-1-2-6-15-11/h1-4,6-7,17H,5,8-9H2. The Bertz CT molecular complexity index is 506. The second kappa shape index (κ2) is 6.07. The van der Waals surface area contributed by atoms with Crippen LogP contribution in [0.5, 0.6) is 5.88 Å². The molecule has 0 saturated heterocycles. The summed E-state index contributed by atoms with van der Waals surface area (Å²) in [6.07, 6.45) is 3.68. The summed E-state index contributed by atoms with van der Waals surface area (Å²) in [5.74, 6) is -0.696. The van der Waals surface area contributed by atoms with E-state index in [4.69, 9.17) is 9.84 Å². The fourth-order valence-corrected chi connectivity index (χ4v) is 1.48. The van der Waals surface area contributed by atoms with E-state index in [1.807, 2.05) is 18.2 Å². The van der Waals surface area contributed by atoms with Gasteiger partial charge in [-0.2, -0.15) is 0 Å². The van der Waals surface area contributed by atoms with Gasteiger partial charge < -0.3 is 9.84 Å².